The van der Waals surface area contributed by atoms with E-state index in [1.165, 1.54) is 36.3 Å². The zero-order valence-corrected chi connectivity index (χ0v) is 11.4. The van der Waals surface area contributed by atoms with Gasteiger partial charge < -0.3 is 4.90 Å². The molecule has 1 fully saturated rings. The minimum absolute atomic E-state index is 0.595. The molecule has 1 aliphatic rings. The molecule has 3 rings (SSSR count). The van der Waals surface area contributed by atoms with E-state index in [0.717, 1.165) is 6.42 Å². The van der Waals surface area contributed by atoms with Crippen LogP contribution in [0.1, 0.15) is 24.1 Å². The van der Waals surface area contributed by atoms with Crippen LogP contribution in [0.15, 0.2) is 48.7 Å². The first kappa shape index (κ1) is 12.2. The SMILES string of the molecule is Cc1ccc(N2CCCC2Cc2ccccn2)cc1. The lowest BCUT2D eigenvalue weighted by molar-refractivity contribution is 0.653. The molecule has 2 aromatic rings. The van der Waals surface area contributed by atoms with Gasteiger partial charge in [-0.3, -0.25) is 4.98 Å². The summed E-state index contributed by atoms with van der Waals surface area (Å²) in [6.07, 6.45) is 5.49. The normalized spacial score (nSPS) is 18.8. The highest BCUT2D eigenvalue weighted by atomic mass is 15.2. The van der Waals surface area contributed by atoms with Crippen LogP contribution in [-0.4, -0.2) is 17.6 Å². The number of aryl methyl sites for hydroxylation is 1. The molecule has 2 heterocycles. The van der Waals surface area contributed by atoms with Gasteiger partial charge in [-0.1, -0.05) is 23.8 Å². The minimum Gasteiger partial charge on any atom is -0.368 e. The molecule has 1 aliphatic heterocycles. The Bertz CT molecular complexity index is 519. The Hall–Kier alpha value is -1.83. The standard InChI is InChI=1S/C17H20N2/c1-14-7-9-16(10-8-14)19-12-4-6-17(19)13-15-5-2-3-11-18-15/h2-3,5,7-11,17H,4,6,12-13H2,1H3. The fraction of sp³-hybridized carbons (Fsp3) is 0.353. The number of hydrogen-bond donors (Lipinski definition) is 0. The Morgan fingerprint density at radius 3 is 2.74 bits per heavy atom. The summed E-state index contributed by atoms with van der Waals surface area (Å²) in [6.45, 7) is 3.31. The number of pyridine rings is 1. The molecule has 0 saturated carbocycles. The third-order valence-electron chi connectivity index (χ3n) is 3.91. The Balaban J connectivity index is 1.76. The van der Waals surface area contributed by atoms with Gasteiger partial charge in [0.2, 0.25) is 0 Å². The lowest BCUT2D eigenvalue weighted by Gasteiger charge is -2.26. The number of nitrogens with zero attached hydrogens (tertiary/aromatic N) is 2. The first-order valence-electron chi connectivity index (χ1n) is 7.06. The largest absolute Gasteiger partial charge is 0.368 e. The number of benzene rings is 1. The van der Waals surface area contributed by atoms with Crippen LogP contribution in [0.25, 0.3) is 0 Å². The predicted octanol–water partition coefficient (Wildman–Crippen LogP) is 3.60. The van der Waals surface area contributed by atoms with Crippen LogP contribution in [0.5, 0.6) is 0 Å². The lowest BCUT2D eigenvalue weighted by Crippen LogP contribution is -2.31. The van der Waals surface area contributed by atoms with Gasteiger partial charge in [-0.05, 0) is 44.0 Å². The lowest BCUT2D eigenvalue weighted by atomic mass is 10.1. The van der Waals surface area contributed by atoms with Crippen molar-refractivity contribution in [1.82, 2.24) is 4.98 Å². The maximum Gasteiger partial charge on any atom is 0.0424 e. The van der Waals surface area contributed by atoms with Gasteiger partial charge in [0.1, 0.15) is 0 Å². The van der Waals surface area contributed by atoms with Gasteiger partial charge in [0.25, 0.3) is 0 Å². The van der Waals surface area contributed by atoms with Crippen molar-refractivity contribution < 1.29 is 0 Å². The molecule has 0 radical (unpaired) electrons. The van der Waals surface area contributed by atoms with Crippen LogP contribution in [0.4, 0.5) is 5.69 Å². The van der Waals surface area contributed by atoms with E-state index in [0.29, 0.717) is 6.04 Å². The van der Waals surface area contributed by atoms with Crippen LogP contribution < -0.4 is 4.90 Å². The second-order valence-electron chi connectivity index (χ2n) is 5.35. The second kappa shape index (κ2) is 5.43. The molecule has 1 saturated heterocycles. The number of anilines is 1. The minimum atomic E-state index is 0.595. The molecule has 1 atom stereocenters. The summed E-state index contributed by atoms with van der Waals surface area (Å²) in [5.74, 6) is 0. The van der Waals surface area contributed by atoms with E-state index >= 15 is 0 Å². The molecule has 1 aromatic heterocycles. The Morgan fingerprint density at radius 2 is 2.00 bits per heavy atom. The molecule has 1 unspecified atom stereocenters. The van der Waals surface area contributed by atoms with Gasteiger partial charge in [-0.2, -0.15) is 0 Å². The molecular formula is C17H20N2. The third kappa shape index (κ3) is 2.78. The van der Waals surface area contributed by atoms with Crippen molar-refractivity contribution in [1.29, 1.82) is 0 Å². The summed E-state index contributed by atoms with van der Waals surface area (Å²) in [4.78, 5) is 6.99. The first-order valence-corrected chi connectivity index (χ1v) is 7.06. The van der Waals surface area contributed by atoms with E-state index in [9.17, 15) is 0 Å². The van der Waals surface area contributed by atoms with Crippen LogP contribution in [0, 0.1) is 6.92 Å². The smallest absolute Gasteiger partial charge is 0.0424 e. The quantitative estimate of drug-likeness (QED) is 0.829. The Labute approximate surface area is 115 Å². The molecule has 0 amide bonds. The van der Waals surface area contributed by atoms with E-state index < -0.39 is 0 Å². The van der Waals surface area contributed by atoms with Crippen LogP contribution in [0.3, 0.4) is 0 Å². The van der Waals surface area contributed by atoms with Gasteiger partial charge in [-0.25, -0.2) is 0 Å². The molecule has 0 spiro atoms. The molecule has 0 aliphatic carbocycles. The fourth-order valence-electron chi connectivity index (χ4n) is 2.88. The van der Waals surface area contributed by atoms with E-state index in [-0.39, 0.29) is 0 Å². The number of aromatic nitrogens is 1. The predicted molar refractivity (Wildman–Crippen MR) is 79.5 cm³/mol. The summed E-state index contributed by atoms with van der Waals surface area (Å²) in [5, 5.41) is 0. The van der Waals surface area contributed by atoms with E-state index in [1.54, 1.807) is 0 Å². The van der Waals surface area contributed by atoms with Crippen molar-refractivity contribution in [3.63, 3.8) is 0 Å². The highest BCUT2D eigenvalue weighted by Crippen LogP contribution is 2.27. The maximum absolute atomic E-state index is 4.46. The number of rotatable bonds is 3. The van der Waals surface area contributed by atoms with Crippen molar-refractivity contribution in [3.05, 3.63) is 59.9 Å². The van der Waals surface area contributed by atoms with Crippen molar-refractivity contribution >= 4 is 5.69 Å². The summed E-state index contributed by atoms with van der Waals surface area (Å²) in [5.41, 5.74) is 3.87. The zero-order chi connectivity index (χ0) is 13.1. The molecule has 1 aromatic carbocycles. The van der Waals surface area contributed by atoms with E-state index in [2.05, 4.69) is 53.2 Å². The summed E-state index contributed by atoms with van der Waals surface area (Å²) in [7, 11) is 0. The highest BCUT2D eigenvalue weighted by molar-refractivity contribution is 5.49. The molecule has 98 valence electrons. The zero-order valence-electron chi connectivity index (χ0n) is 11.4. The second-order valence-corrected chi connectivity index (χ2v) is 5.35. The number of hydrogen-bond acceptors (Lipinski definition) is 2. The van der Waals surface area contributed by atoms with Crippen LogP contribution in [-0.2, 0) is 6.42 Å². The van der Waals surface area contributed by atoms with E-state index in [4.69, 9.17) is 0 Å². The molecule has 2 heteroatoms. The van der Waals surface area contributed by atoms with Gasteiger partial charge in [-0.15, -0.1) is 0 Å². The maximum atomic E-state index is 4.46. The van der Waals surface area contributed by atoms with Gasteiger partial charge in [0, 0.05) is 36.6 Å². The molecule has 2 nitrogen and oxygen atoms in total. The summed E-state index contributed by atoms with van der Waals surface area (Å²) in [6, 6.07) is 15.7. The molecule has 19 heavy (non-hydrogen) atoms. The van der Waals surface area contributed by atoms with Gasteiger partial charge in [0.15, 0.2) is 0 Å². The average Bonchev–Trinajstić information content (AvgIpc) is 2.89. The Kier molecular flexibility index (Phi) is 3.49. The third-order valence-corrected chi connectivity index (χ3v) is 3.91. The van der Waals surface area contributed by atoms with Crippen LogP contribution >= 0.6 is 0 Å². The molecular weight excluding hydrogens is 232 g/mol. The van der Waals surface area contributed by atoms with Gasteiger partial charge in [0.05, 0.1) is 0 Å². The monoisotopic (exact) mass is 252 g/mol. The fourth-order valence-corrected chi connectivity index (χ4v) is 2.88. The van der Waals surface area contributed by atoms with Crippen molar-refractivity contribution in [2.45, 2.75) is 32.2 Å². The van der Waals surface area contributed by atoms with Crippen molar-refractivity contribution in [2.75, 3.05) is 11.4 Å². The average molecular weight is 252 g/mol. The summed E-state index contributed by atoms with van der Waals surface area (Å²) < 4.78 is 0. The topological polar surface area (TPSA) is 16.1 Å². The summed E-state index contributed by atoms with van der Waals surface area (Å²) >= 11 is 0. The van der Waals surface area contributed by atoms with Gasteiger partial charge >= 0.3 is 0 Å². The highest BCUT2D eigenvalue weighted by Gasteiger charge is 2.25. The molecule has 0 bridgehead atoms. The van der Waals surface area contributed by atoms with Crippen molar-refractivity contribution in [2.24, 2.45) is 0 Å². The first-order chi connectivity index (χ1) is 9.33. The Morgan fingerprint density at radius 1 is 1.16 bits per heavy atom. The van der Waals surface area contributed by atoms with E-state index in [1.807, 2.05) is 12.3 Å². The van der Waals surface area contributed by atoms with Crippen molar-refractivity contribution in [3.8, 4) is 0 Å². The van der Waals surface area contributed by atoms with Crippen LogP contribution in [0.2, 0.25) is 0 Å². The molecule has 0 N–H and O–H groups in total.